The predicted octanol–water partition coefficient (Wildman–Crippen LogP) is -0.137. The van der Waals surface area contributed by atoms with Crippen molar-refractivity contribution < 1.29 is 4.79 Å². The zero-order valence-electron chi connectivity index (χ0n) is 6.64. The molecule has 6 nitrogen and oxygen atoms in total. The van der Waals surface area contributed by atoms with Crippen molar-refractivity contribution in [1.82, 2.24) is 20.0 Å². The quantitative estimate of drug-likeness (QED) is 0.333. The topological polar surface area (TPSA) is 85.8 Å². The third kappa shape index (κ3) is 1.13. The van der Waals surface area contributed by atoms with Gasteiger partial charge in [-0.25, -0.2) is 20.6 Å². The number of carbonyl (C=O) groups is 1. The highest BCUT2D eigenvalue weighted by atomic mass is 16.2. The Hall–Kier alpha value is -1.95. The van der Waals surface area contributed by atoms with Crippen LogP contribution in [0.1, 0.15) is 0 Å². The van der Waals surface area contributed by atoms with Crippen molar-refractivity contribution in [3.05, 3.63) is 24.8 Å². The maximum absolute atomic E-state index is 11.2. The zero-order valence-corrected chi connectivity index (χ0v) is 6.64. The summed E-state index contributed by atoms with van der Waals surface area (Å²) in [5.74, 6) is 4.99. The third-order valence-corrected chi connectivity index (χ3v) is 1.69. The molecule has 0 aliphatic rings. The van der Waals surface area contributed by atoms with Gasteiger partial charge in [0.2, 0.25) is 0 Å². The van der Waals surface area contributed by atoms with Gasteiger partial charge in [0.25, 0.3) is 0 Å². The van der Waals surface area contributed by atoms with Gasteiger partial charge in [-0.15, -0.1) is 0 Å². The molecule has 2 rings (SSSR count). The first kappa shape index (κ1) is 7.69. The van der Waals surface area contributed by atoms with Crippen LogP contribution in [0, 0.1) is 0 Å². The van der Waals surface area contributed by atoms with Crippen molar-refractivity contribution in [3.8, 4) is 0 Å². The van der Waals surface area contributed by atoms with Crippen LogP contribution >= 0.6 is 0 Å². The molecule has 66 valence electrons. The molecule has 6 heteroatoms. The summed E-state index contributed by atoms with van der Waals surface area (Å²) < 4.78 is 1.32. The fourth-order valence-corrected chi connectivity index (χ4v) is 1.11. The number of nitrogens with zero attached hydrogens (tertiary/aromatic N) is 3. The molecule has 0 saturated heterocycles. The second-order valence-electron chi connectivity index (χ2n) is 2.44. The molecule has 0 fully saturated rings. The summed E-state index contributed by atoms with van der Waals surface area (Å²) in [6.07, 6.45) is 4.59. The average Bonchev–Trinajstić information content (AvgIpc) is 2.60. The Balaban J connectivity index is 2.64. The van der Waals surface area contributed by atoms with Gasteiger partial charge in [0.05, 0.1) is 0 Å². The Labute approximate surface area is 73.4 Å². The van der Waals surface area contributed by atoms with E-state index in [-0.39, 0.29) is 0 Å². The second kappa shape index (κ2) is 2.83. The minimum absolute atomic E-state index is 0.422. The van der Waals surface area contributed by atoms with E-state index in [0.29, 0.717) is 5.65 Å². The highest BCUT2D eigenvalue weighted by molar-refractivity contribution is 5.88. The van der Waals surface area contributed by atoms with Crippen LogP contribution in [0.3, 0.4) is 0 Å². The first-order valence-electron chi connectivity index (χ1n) is 3.61. The minimum Gasteiger partial charge on any atom is -0.275 e. The first-order chi connectivity index (χ1) is 6.33. The zero-order chi connectivity index (χ0) is 9.26. The van der Waals surface area contributed by atoms with Gasteiger partial charge in [-0.05, 0) is 6.07 Å². The van der Waals surface area contributed by atoms with Crippen molar-refractivity contribution in [2.75, 3.05) is 0 Å². The van der Waals surface area contributed by atoms with Gasteiger partial charge in [-0.2, -0.15) is 0 Å². The van der Waals surface area contributed by atoms with E-state index in [1.807, 2.05) is 5.43 Å². The van der Waals surface area contributed by atoms with E-state index in [1.54, 1.807) is 18.5 Å². The fraction of sp³-hybridized carbons (Fsp3) is 0. The standard InChI is InChI=1S/C7H7N5O/c8-11-7(13)12-2-1-5-3-9-4-10-6(5)12/h1-4H,8H2,(H,11,13). The van der Waals surface area contributed by atoms with Gasteiger partial charge < -0.3 is 0 Å². The molecule has 2 aromatic rings. The lowest BCUT2D eigenvalue weighted by atomic mass is 10.4. The van der Waals surface area contributed by atoms with E-state index in [2.05, 4.69) is 9.97 Å². The molecular weight excluding hydrogens is 170 g/mol. The number of aromatic nitrogens is 3. The van der Waals surface area contributed by atoms with Crippen LogP contribution in [0.15, 0.2) is 24.8 Å². The summed E-state index contributed by atoms with van der Waals surface area (Å²) in [7, 11) is 0. The van der Waals surface area contributed by atoms with E-state index < -0.39 is 6.03 Å². The van der Waals surface area contributed by atoms with Crippen molar-refractivity contribution in [2.45, 2.75) is 0 Å². The number of hydrogen-bond acceptors (Lipinski definition) is 4. The summed E-state index contributed by atoms with van der Waals surface area (Å²) in [6.45, 7) is 0. The van der Waals surface area contributed by atoms with Crippen LogP contribution in [-0.2, 0) is 0 Å². The molecule has 0 aliphatic carbocycles. The number of hydrogen-bond donors (Lipinski definition) is 2. The number of hydrazine groups is 1. The van der Waals surface area contributed by atoms with Crippen LogP contribution in [0.25, 0.3) is 11.0 Å². The van der Waals surface area contributed by atoms with Crippen molar-refractivity contribution in [3.63, 3.8) is 0 Å². The lowest BCUT2D eigenvalue weighted by molar-refractivity contribution is 0.243. The Bertz CT molecular complexity index is 449. The second-order valence-corrected chi connectivity index (χ2v) is 2.44. The monoisotopic (exact) mass is 177 g/mol. The number of carbonyl (C=O) groups excluding carboxylic acids is 1. The molecule has 0 atom stereocenters. The van der Waals surface area contributed by atoms with Gasteiger partial charge in [0.15, 0.2) is 5.65 Å². The van der Waals surface area contributed by atoms with E-state index in [0.717, 1.165) is 5.39 Å². The normalized spacial score (nSPS) is 10.2. The molecule has 2 aromatic heterocycles. The van der Waals surface area contributed by atoms with Crippen LogP contribution in [-0.4, -0.2) is 20.6 Å². The van der Waals surface area contributed by atoms with Crippen LogP contribution in [0.2, 0.25) is 0 Å². The molecule has 1 amide bonds. The maximum atomic E-state index is 11.2. The van der Waals surface area contributed by atoms with Gasteiger partial charge >= 0.3 is 6.03 Å². The minimum atomic E-state index is -0.422. The summed E-state index contributed by atoms with van der Waals surface area (Å²) in [4.78, 5) is 18.9. The molecule has 0 radical (unpaired) electrons. The highest BCUT2D eigenvalue weighted by Gasteiger charge is 2.06. The van der Waals surface area contributed by atoms with Crippen LogP contribution in [0.4, 0.5) is 4.79 Å². The Morgan fingerprint density at radius 2 is 2.46 bits per heavy atom. The molecular formula is C7H7N5O. The van der Waals surface area contributed by atoms with E-state index >= 15 is 0 Å². The number of fused-ring (bicyclic) bond motifs is 1. The number of nitrogens with one attached hydrogen (secondary N) is 1. The lowest BCUT2D eigenvalue weighted by Gasteiger charge is -1.99. The maximum Gasteiger partial charge on any atom is 0.341 e. The average molecular weight is 177 g/mol. The van der Waals surface area contributed by atoms with Crippen LogP contribution < -0.4 is 11.3 Å². The van der Waals surface area contributed by atoms with E-state index in [9.17, 15) is 4.79 Å². The van der Waals surface area contributed by atoms with Crippen molar-refractivity contribution in [2.24, 2.45) is 5.84 Å². The SMILES string of the molecule is NNC(=O)n1ccc2cncnc21. The van der Waals surface area contributed by atoms with Crippen molar-refractivity contribution in [1.29, 1.82) is 0 Å². The predicted molar refractivity (Wildman–Crippen MR) is 45.6 cm³/mol. The molecule has 0 bridgehead atoms. The third-order valence-electron chi connectivity index (χ3n) is 1.69. The lowest BCUT2D eigenvalue weighted by Crippen LogP contribution is -2.33. The Morgan fingerprint density at radius 3 is 3.23 bits per heavy atom. The molecule has 0 spiro atoms. The number of nitrogens with two attached hydrogens (primary N) is 1. The van der Waals surface area contributed by atoms with Crippen molar-refractivity contribution >= 4 is 17.1 Å². The Morgan fingerprint density at radius 1 is 1.62 bits per heavy atom. The first-order valence-corrected chi connectivity index (χ1v) is 3.61. The smallest absolute Gasteiger partial charge is 0.275 e. The highest BCUT2D eigenvalue weighted by Crippen LogP contribution is 2.09. The molecule has 0 unspecified atom stereocenters. The van der Waals surface area contributed by atoms with Crippen LogP contribution in [0.5, 0.6) is 0 Å². The molecule has 0 aromatic carbocycles. The Kier molecular flexibility index (Phi) is 1.67. The molecule has 3 N–H and O–H groups in total. The number of nitrogen functional groups attached to an aromatic ring is 1. The van der Waals surface area contributed by atoms with Gasteiger partial charge in [0, 0.05) is 17.8 Å². The summed E-state index contributed by atoms with van der Waals surface area (Å²) in [6, 6.07) is 1.32. The largest absolute Gasteiger partial charge is 0.341 e. The number of rotatable bonds is 0. The summed E-state index contributed by atoms with van der Waals surface area (Å²) >= 11 is 0. The fourth-order valence-electron chi connectivity index (χ4n) is 1.11. The molecule has 13 heavy (non-hydrogen) atoms. The molecule has 2 heterocycles. The summed E-state index contributed by atoms with van der Waals surface area (Å²) in [5.41, 5.74) is 2.56. The molecule has 0 aliphatic heterocycles. The van der Waals surface area contributed by atoms with Gasteiger partial charge in [0.1, 0.15) is 6.33 Å². The van der Waals surface area contributed by atoms with Gasteiger partial charge in [-0.1, -0.05) is 0 Å². The van der Waals surface area contributed by atoms with Gasteiger partial charge in [-0.3, -0.25) is 9.99 Å². The molecule has 0 saturated carbocycles. The number of amides is 1. The van der Waals surface area contributed by atoms with E-state index in [4.69, 9.17) is 5.84 Å². The summed E-state index contributed by atoms with van der Waals surface area (Å²) in [5, 5.41) is 0.797. The van der Waals surface area contributed by atoms with E-state index in [1.165, 1.54) is 10.9 Å².